The SMILES string of the molecule is CC(C)C1CCN(C(=O)c2cccc(C#CCCO)c2)C1. The Labute approximate surface area is 127 Å². The van der Waals surface area contributed by atoms with Crippen LogP contribution < -0.4 is 0 Å². The van der Waals surface area contributed by atoms with Crippen LogP contribution in [0.3, 0.4) is 0 Å². The van der Waals surface area contributed by atoms with E-state index in [1.807, 2.05) is 29.2 Å². The highest BCUT2D eigenvalue weighted by molar-refractivity contribution is 5.94. The van der Waals surface area contributed by atoms with Gasteiger partial charge in [-0.2, -0.15) is 0 Å². The van der Waals surface area contributed by atoms with Crippen molar-refractivity contribution in [3.8, 4) is 11.8 Å². The summed E-state index contributed by atoms with van der Waals surface area (Å²) in [6.45, 7) is 6.21. The van der Waals surface area contributed by atoms with E-state index >= 15 is 0 Å². The zero-order valence-electron chi connectivity index (χ0n) is 12.8. The molecule has 0 bridgehead atoms. The summed E-state index contributed by atoms with van der Waals surface area (Å²) in [7, 11) is 0. The van der Waals surface area contributed by atoms with Gasteiger partial charge in [0.05, 0.1) is 6.61 Å². The van der Waals surface area contributed by atoms with Gasteiger partial charge in [0, 0.05) is 30.6 Å². The summed E-state index contributed by atoms with van der Waals surface area (Å²) in [6.07, 6.45) is 1.56. The minimum Gasteiger partial charge on any atom is -0.395 e. The number of rotatable bonds is 3. The number of benzene rings is 1. The number of likely N-dealkylation sites (tertiary alicyclic amines) is 1. The van der Waals surface area contributed by atoms with Gasteiger partial charge in [0.1, 0.15) is 0 Å². The third kappa shape index (κ3) is 4.09. The molecule has 1 aromatic rings. The Bertz CT molecular complexity index is 554. The van der Waals surface area contributed by atoms with E-state index in [-0.39, 0.29) is 12.5 Å². The summed E-state index contributed by atoms with van der Waals surface area (Å²) in [6, 6.07) is 7.45. The monoisotopic (exact) mass is 285 g/mol. The van der Waals surface area contributed by atoms with Crippen LogP contribution in [0.4, 0.5) is 0 Å². The van der Waals surface area contributed by atoms with Crippen LogP contribution in [-0.2, 0) is 0 Å². The first-order chi connectivity index (χ1) is 10.1. The highest BCUT2D eigenvalue weighted by Crippen LogP contribution is 2.25. The van der Waals surface area contributed by atoms with E-state index in [0.717, 1.165) is 25.1 Å². The highest BCUT2D eigenvalue weighted by Gasteiger charge is 2.28. The second-order valence-electron chi connectivity index (χ2n) is 5.90. The van der Waals surface area contributed by atoms with Crippen molar-refractivity contribution >= 4 is 5.91 Å². The van der Waals surface area contributed by atoms with Gasteiger partial charge in [-0.3, -0.25) is 4.79 Å². The van der Waals surface area contributed by atoms with Gasteiger partial charge < -0.3 is 10.0 Å². The van der Waals surface area contributed by atoms with Gasteiger partial charge in [-0.25, -0.2) is 0 Å². The molecule has 2 rings (SSSR count). The fourth-order valence-electron chi connectivity index (χ4n) is 2.65. The lowest BCUT2D eigenvalue weighted by molar-refractivity contribution is 0.0784. The predicted molar refractivity (Wildman–Crippen MR) is 83.9 cm³/mol. The lowest BCUT2D eigenvalue weighted by atomic mass is 9.95. The summed E-state index contributed by atoms with van der Waals surface area (Å²) in [5, 5.41) is 8.74. The Balaban J connectivity index is 2.07. The lowest BCUT2D eigenvalue weighted by Gasteiger charge is -2.18. The number of hydrogen-bond acceptors (Lipinski definition) is 2. The van der Waals surface area contributed by atoms with Crippen molar-refractivity contribution in [2.75, 3.05) is 19.7 Å². The molecule has 1 amide bonds. The van der Waals surface area contributed by atoms with Crippen molar-refractivity contribution < 1.29 is 9.90 Å². The third-order valence-electron chi connectivity index (χ3n) is 4.03. The molecule has 3 nitrogen and oxygen atoms in total. The van der Waals surface area contributed by atoms with Gasteiger partial charge in [-0.15, -0.1) is 0 Å². The largest absolute Gasteiger partial charge is 0.395 e. The molecule has 112 valence electrons. The van der Waals surface area contributed by atoms with Gasteiger partial charge in [0.2, 0.25) is 0 Å². The Hall–Kier alpha value is -1.79. The molecule has 1 unspecified atom stereocenters. The molecule has 1 aliphatic rings. The molecule has 0 spiro atoms. The molecule has 0 saturated carbocycles. The normalized spacial score (nSPS) is 17.7. The van der Waals surface area contributed by atoms with E-state index in [0.29, 0.717) is 23.8 Å². The van der Waals surface area contributed by atoms with Gasteiger partial charge in [-0.05, 0) is 36.5 Å². The van der Waals surface area contributed by atoms with Crippen molar-refractivity contribution in [1.82, 2.24) is 4.90 Å². The molecule has 1 heterocycles. The van der Waals surface area contributed by atoms with Gasteiger partial charge in [0.15, 0.2) is 0 Å². The topological polar surface area (TPSA) is 40.5 Å². The molecule has 0 radical (unpaired) electrons. The van der Waals surface area contributed by atoms with Crippen LogP contribution >= 0.6 is 0 Å². The fraction of sp³-hybridized carbons (Fsp3) is 0.500. The van der Waals surface area contributed by atoms with Gasteiger partial charge in [-0.1, -0.05) is 31.8 Å². The van der Waals surface area contributed by atoms with E-state index in [1.165, 1.54) is 0 Å². The first kappa shape index (κ1) is 15.6. The summed E-state index contributed by atoms with van der Waals surface area (Å²) >= 11 is 0. The van der Waals surface area contributed by atoms with Crippen molar-refractivity contribution in [3.63, 3.8) is 0 Å². The van der Waals surface area contributed by atoms with Crippen LogP contribution in [0.5, 0.6) is 0 Å². The van der Waals surface area contributed by atoms with Crippen LogP contribution in [0, 0.1) is 23.7 Å². The van der Waals surface area contributed by atoms with Crippen molar-refractivity contribution in [3.05, 3.63) is 35.4 Å². The molecule has 1 atom stereocenters. The number of carbonyl (C=O) groups is 1. The first-order valence-electron chi connectivity index (χ1n) is 7.61. The number of amides is 1. The van der Waals surface area contributed by atoms with E-state index in [9.17, 15) is 4.79 Å². The molecule has 1 N–H and O–H groups in total. The molecule has 1 fully saturated rings. The predicted octanol–water partition coefficient (Wildman–Crippen LogP) is 2.54. The van der Waals surface area contributed by atoms with E-state index < -0.39 is 0 Å². The smallest absolute Gasteiger partial charge is 0.253 e. The summed E-state index contributed by atoms with van der Waals surface area (Å²) < 4.78 is 0. The maximum absolute atomic E-state index is 12.5. The number of nitrogens with zero attached hydrogens (tertiary/aromatic N) is 1. The van der Waals surface area contributed by atoms with E-state index in [1.54, 1.807) is 0 Å². The zero-order chi connectivity index (χ0) is 15.2. The Morgan fingerprint density at radius 2 is 2.29 bits per heavy atom. The Morgan fingerprint density at radius 1 is 1.48 bits per heavy atom. The first-order valence-corrected chi connectivity index (χ1v) is 7.61. The molecule has 0 aromatic heterocycles. The number of hydrogen-bond donors (Lipinski definition) is 1. The molecular weight excluding hydrogens is 262 g/mol. The minimum atomic E-state index is 0.0655. The molecule has 1 aromatic carbocycles. The van der Waals surface area contributed by atoms with E-state index in [4.69, 9.17) is 5.11 Å². The molecule has 21 heavy (non-hydrogen) atoms. The number of carbonyl (C=O) groups excluding carboxylic acids is 1. The standard InChI is InChI=1S/C18H23NO2/c1-14(2)17-9-10-19(13-17)18(21)16-8-5-7-15(12-16)6-3-4-11-20/h5,7-8,12,14,17,20H,4,9-11,13H2,1-2H3. The average Bonchev–Trinajstić information content (AvgIpc) is 2.97. The van der Waals surface area contributed by atoms with Gasteiger partial charge >= 0.3 is 0 Å². The second-order valence-corrected chi connectivity index (χ2v) is 5.90. The molecule has 1 aliphatic heterocycles. The van der Waals surface area contributed by atoms with Crippen LogP contribution in [0.2, 0.25) is 0 Å². The summed E-state index contributed by atoms with van der Waals surface area (Å²) in [5.41, 5.74) is 1.53. The molecule has 0 aliphatic carbocycles. The second kappa shape index (κ2) is 7.28. The Kier molecular flexibility index (Phi) is 5.41. The minimum absolute atomic E-state index is 0.0655. The fourth-order valence-corrected chi connectivity index (χ4v) is 2.65. The third-order valence-corrected chi connectivity index (χ3v) is 4.03. The van der Waals surface area contributed by atoms with E-state index in [2.05, 4.69) is 25.7 Å². The molecule has 1 saturated heterocycles. The van der Waals surface area contributed by atoms with Crippen molar-refractivity contribution in [2.24, 2.45) is 11.8 Å². The average molecular weight is 285 g/mol. The Morgan fingerprint density at radius 3 is 2.95 bits per heavy atom. The van der Waals surface area contributed by atoms with Crippen LogP contribution in [0.25, 0.3) is 0 Å². The zero-order valence-corrected chi connectivity index (χ0v) is 12.8. The van der Waals surface area contributed by atoms with Crippen LogP contribution in [-0.4, -0.2) is 35.6 Å². The maximum atomic E-state index is 12.5. The number of aliphatic hydroxyl groups is 1. The van der Waals surface area contributed by atoms with Crippen LogP contribution in [0.1, 0.15) is 42.6 Å². The maximum Gasteiger partial charge on any atom is 0.253 e. The lowest BCUT2D eigenvalue weighted by Crippen LogP contribution is -2.29. The molecule has 3 heteroatoms. The summed E-state index contributed by atoms with van der Waals surface area (Å²) in [4.78, 5) is 14.5. The van der Waals surface area contributed by atoms with Crippen molar-refractivity contribution in [1.29, 1.82) is 0 Å². The molecular formula is C18H23NO2. The van der Waals surface area contributed by atoms with Gasteiger partial charge in [0.25, 0.3) is 5.91 Å². The quantitative estimate of drug-likeness (QED) is 0.867. The highest BCUT2D eigenvalue weighted by atomic mass is 16.2. The van der Waals surface area contributed by atoms with Crippen molar-refractivity contribution in [2.45, 2.75) is 26.7 Å². The number of aliphatic hydroxyl groups excluding tert-OH is 1. The summed E-state index contributed by atoms with van der Waals surface area (Å²) in [5.74, 6) is 7.20. The van der Waals surface area contributed by atoms with Crippen LogP contribution in [0.15, 0.2) is 24.3 Å².